The van der Waals surface area contributed by atoms with Crippen LogP contribution in [0.1, 0.15) is 51.1 Å². The molecular formula is C24H30N6O2. The van der Waals surface area contributed by atoms with Crippen molar-refractivity contribution in [2.45, 2.75) is 57.7 Å². The molecule has 2 aliphatic rings. The van der Waals surface area contributed by atoms with Crippen LogP contribution >= 0.6 is 0 Å². The zero-order valence-electron chi connectivity index (χ0n) is 18.7. The van der Waals surface area contributed by atoms with Crippen LogP contribution in [0.3, 0.4) is 0 Å². The Morgan fingerprint density at radius 2 is 2.09 bits per heavy atom. The Labute approximate surface area is 189 Å². The molecule has 32 heavy (non-hydrogen) atoms. The zero-order chi connectivity index (χ0) is 22.5. The van der Waals surface area contributed by atoms with Crippen molar-refractivity contribution >= 4 is 17.7 Å². The quantitative estimate of drug-likeness (QED) is 0.647. The molecule has 1 aliphatic carbocycles. The van der Waals surface area contributed by atoms with Crippen molar-refractivity contribution in [1.82, 2.24) is 15.3 Å². The molecule has 2 aromatic rings. The van der Waals surface area contributed by atoms with Crippen molar-refractivity contribution in [3.8, 4) is 11.8 Å². The maximum Gasteiger partial charge on any atom is 0.227 e. The van der Waals surface area contributed by atoms with Crippen LogP contribution in [0.4, 0.5) is 11.8 Å². The van der Waals surface area contributed by atoms with E-state index in [0.29, 0.717) is 25.0 Å². The normalized spacial score (nSPS) is 18.7. The van der Waals surface area contributed by atoms with E-state index in [1.807, 2.05) is 43.5 Å². The maximum absolute atomic E-state index is 11.2. The SMILES string of the molecule is CC(=O)N[C@@H](C)c1ccc(O[C@@H]2CCN(c3ccnc(N(CCC#N)C4CC4)n3)C2)cc1. The Kier molecular flexibility index (Phi) is 6.74. The van der Waals surface area contributed by atoms with Gasteiger partial charge in [0.25, 0.3) is 0 Å². The lowest BCUT2D eigenvalue weighted by molar-refractivity contribution is -0.119. The van der Waals surface area contributed by atoms with E-state index in [9.17, 15) is 4.79 Å². The molecule has 1 aromatic carbocycles. The topological polar surface area (TPSA) is 94.4 Å². The molecule has 1 amide bonds. The number of nitrogens with zero attached hydrogens (tertiary/aromatic N) is 5. The molecular weight excluding hydrogens is 404 g/mol. The van der Waals surface area contributed by atoms with E-state index in [2.05, 4.69) is 26.2 Å². The number of ether oxygens (including phenoxy) is 1. The van der Waals surface area contributed by atoms with Gasteiger partial charge < -0.3 is 19.9 Å². The number of rotatable bonds is 9. The van der Waals surface area contributed by atoms with Gasteiger partial charge in [0.15, 0.2) is 0 Å². The Bertz CT molecular complexity index is 969. The third-order valence-electron chi connectivity index (χ3n) is 5.91. The van der Waals surface area contributed by atoms with Gasteiger partial charge in [-0.1, -0.05) is 12.1 Å². The molecule has 2 fully saturated rings. The molecule has 1 aromatic heterocycles. The average Bonchev–Trinajstić information content (AvgIpc) is 3.52. The van der Waals surface area contributed by atoms with Crippen LogP contribution in [-0.4, -0.2) is 47.7 Å². The van der Waals surface area contributed by atoms with Gasteiger partial charge in [-0.05, 0) is 43.5 Å². The highest BCUT2D eigenvalue weighted by molar-refractivity contribution is 5.73. The number of aromatic nitrogens is 2. The van der Waals surface area contributed by atoms with Crippen LogP contribution in [0.25, 0.3) is 0 Å². The molecule has 0 bridgehead atoms. The minimum Gasteiger partial charge on any atom is -0.489 e. The average molecular weight is 435 g/mol. The molecule has 1 aliphatic heterocycles. The third-order valence-corrected chi connectivity index (χ3v) is 5.91. The van der Waals surface area contributed by atoms with Gasteiger partial charge in [-0.2, -0.15) is 10.2 Å². The summed E-state index contributed by atoms with van der Waals surface area (Å²) < 4.78 is 6.20. The molecule has 0 radical (unpaired) electrons. The molecule has 4 rings (SSSR count). The number of benzene rings is 1. The molecule has 0 spiro atoms. The fourth-order valence-corrected chi connectivity index (χ4v) is 4.10. The minimum absolute atomic E-state index is 0.0288. The van der Waals surface area contributed by atoms with Crippen molar-refractivity contribution in [2.24, 2.45) is 0 Å². The molecule has 8 heteroatoms. The monoisotopic (exact) mass is 434 g/mol. The molecule has 2 atom stereocenters. The summed E-state index contributed by atoms with van der Waals surface area (Å²) in [5, 5.41) is 11.9. The van der Waals surface area contributed by atoms with Crippen LogP contribution in [-0.2, 0) is 4.79 Å². The second-order valence-electron chi connectivity index (χ2n) is 8.51. The second-order valence-corrected chi connectivity index (χ2v) is 8.51. The van der Waals surface area contributed by atoms with Crippen molar-refractivity contribution in [2.75, 3.05) is 29.4 Å². The fraction of sp³-hybridized carbons (Fsp3) is 0.500. The van der Waals surface area contributed by atoms with Gasteiger partial charge in [-0.3, -0.25) is 4.79 Å². The Morgan fingerprint density at radius 1 is 1.31 bits per heavy atom. The van der Waals surface area contributed by atoms with Gasteiger partial charge in [0, 0.05) is 38.7 Å². The summed E-state index contributed by atoms with van der Waals surface area (Å²) in [7, 11) is 0. The number of anilines is 2. The van der Waals surface area contributed by atoms with Crippen molar-refractivity contribution in [3.05, 3.63) is 42.1 Å². The van der Waals surface area contributed by atoms with Crippen molar-refractivity contribution in [1.29, 1.82) is 5.26 Å². The summed E-state index contributed by atoms with van der Waals surface area (Å²) in [6, 6.07) is 12.5. The lowest BCUT2D eigenvalue weighted by Gasteiger charge is -2.23. The van der Waals surface area contributed by atoms with Gasteiger partial charge in [0.1, 0.15) is 17.7 Å². The number of nitriles is 1. The molecule has 1 saturated heterocycles. The first-order valence-corrected chi connectivity index (χ1v) is 11.3. The van der Waals surface area contributed by atoms with Crippen molar-refractivity contribution in [3.63, 3.8) is 0 Å². The second kappa shape index (κ2) is 9.86. The van der Waals surface area contributed by atoms with Crippen LogP contribution in [0.2, 0.25) is 0 Å². The first kappa shape index (κ1) is 21.9. The lowest BCUT2D eigenvalue weighted by atomic mass is 10.1. The number of hydrogen-bond acceptors (Lipinski definition) is 7. The number of amides is 1. The summed E-state index contributed by atoms with van der Waals surface area (Å²) in [6.07, 6.45) is 5.58. The van der Waals surface area contributed by atoms with Crippen LogP contribution < -0.4 is 19.9 Å². The lowest BCUT2D eigenvalue weighted by Crippen LogP contribution is -2.30. The minimum atomic E-state index is -0.0398. The molecule has 2 heterocycles. The summed E-state index contributed by atoms with van der Waals surface area (Å²) >= 11 is 0. The van der Waals surface area contributed by atoms with E-state index in [4.69, 9.17) is 15.0 Å². The van der Waals surface area contributed by atoms with E-state index in [1.54, 1.807) is 0 Å². The van der Waals surface area contributed by atoms with Gasteiger partial charge >= 0.3 is 0 Å². The third kappa shape index (κ3) is 5.47. The number of carbonyl (C=O) groups is 1. The highest BCUT2D eigenvalue weighted by Gasteiger charge is 2.31. The summed E-state index contributed by atoms with van der Waals surface area (Å²) in [4.78, 5) is 24.9. The molecule has 1 saturated carbocycles. The van der Waals surface area contributed by atoms with E-state index < -0.39 is 0 Å². The van der Waals surface area contributed by atoms with E-state index in [1.165, 1.54) is 6.92 Å². The van der Waals surface area contributed by atoms with E-state index in [0.717, 1.165) is 49.5 Å². The first-order valence-electron chi connectivity index (χ1n) is 11.3. The predicted molar refractivity (Wildman–Crippen MR) is 123 cm³/mol. The Balaban J connectivity index is 1.35. The number of hydrogen-bond donors (Lipinski definition) is 1. The smallest absolute Gasteiger partial charge is 0.227 e. The number of nitrogens with one attached hydrogen (secondary N) is 1. The van der Waals surface area contributed by atoms with Crippen LogP contribution in [0.5, 0.6) is 5.75 Å². The fourth-order valence-electron chi connectivity index (χ4n) is 4.10. The Hall–Kier alpha value is -3.34. The highest BCUT2D eigenvalue weighted by atomic mass is 16.5. The van der Waals surface area contributed by atoms with E-state index >= 15 is 0 Å². The highest BCUT2D eigenvalue weighted by Crippen LogP contribution is 2.31. The standard InChI is InChI=1S/C24H30N6O2/c1-17(27-18(2)31)19-4-8-21(9-5-19)32-22-11-15-29(16-22)23-10-13-26-24(28-23)30(14-3-12-25)20-6-7-20/h4-5,8-10,13,17,20,22H,3,6-7,11,14-16H2,1-2H3,(H,27,31)/t17-,22+/m0/s1. The first-order chi connectivity index (χ1) is 15.5. The van der Waals surface area contributed by atoms with Crippen LogP contribution in [0.15, 0.2) is 36.5 Å². The summed E-state index contributed by atoms with van der Waals surface area (Å²) in [6.45, 7) is 5.80. The zero-order valence-corrected chi connectivity index (χ0v) is 18.7. The van der Waals surface area contributed by atoms with E-state index in [-0.39, 0.29) is 18.1 Å². The summed E-state index contributed by atoms with van der Waals surface area (Å²) in [5.41, 5.74) is 1.05. The number of carbonyl (C=O) groups excluding carboxylic acids is 1. The molecule has 0 unspecified atom stereocenters. The molecule has 168 valence electrons. The molecule has 8 nitrogen and oxygen atoms in total. The van der Waals surface area contributed by atoms with Gasteiger partial charge in [-0.15, -0.1) is 0 Å². The molecule has 1 N–H and O–H groups in total. The largest absolute Gasteiger partial charge is 0.489 e. The van der Waals surface area contributed by atoms with Gasteiger partial charge in [0.2, 0.25) is 11.9 Å². The van der Waals surface area contributed by atoms with Gasteiger partial charge in [0.05, 0.1) is 25.1 Å². The van der Waals surface area contributed by atoms with Crippen LogP contribution in [0, 0.1) is 11.3 Å². The summed E-state index contributed by atoms with van der Waals surface area (Å²) in [5.74, 6) is 2.41. The predicted octanol–water partition coefficient (Wildman–Crippen LogP) is 3.21. The van der Waals surface area contributed by atoms with Gasteiger partial charge in [-0.25, -0.2) is 4.98 Å². The Morgan fingerprint density at radius 3 is 2.78 bits per heavy atom. The maximum atomic E-state index is 11.2. The van der Waals surface area contributed by atoms with Crippen molar-refractivity contribution < 1.29 is 9.53 Å².